The van der Waals surface area contributed by atoms with Crippen molar-refractivity contribution in [1.82, 2.24) is 10.5 Å². The van der Waals surface area contributed by atoms with E-state index in [0.717, 1.165) is 17.0 Å². The van der Waals surface area contributed by atoms with Crippen LogP contribution in [-0.2, 0) is 6.54 Å². The van der Waals surface area contributed by atoms with Crippen molar-refractivity contribution in [2.75, 3.05) is 0 Å². The minimum Gasteiger partial charge on any atom is -0.392 e. The van der Waals surface area contributed by atoms with E-state index >= 15 is 0 Å². The van der Waals surface area contributed by atoms with Crippen LogP contribution >= 0.6 is 0 Å². The summed E-state index contributed by atoms with van der Waals surface area (Å²) in [5.41, 5.74) is 1.99. The summed E-state index contributed by atoms with van der Waals surface area (Å²) in [4.78, 5) is 0. The monoisotopic (exact) mass is 198 g/mol. The largest absolute Gasteiger partial charge is 0.392 e. The quantitative estimate of drug-likeness (QED) is 0.762. The van der Waals surface area contributed by atoms with Crippen LogP contribution in [0.4, 0.5) is 0 Å². The van der Waals surface area contributed by atoms with Gasteiger partial charge in [-0.3, -0.25) is 0 Å². The Bertz CT molecular complexity index is 275. The molecule has 0 aliphatic rings. The second kappa shape index (κ2) is 4.57. The third-order valence-corrected chi connectivity index (χ3v) is 2.51. The summed E-state index contributed by atoms with van der Waals surface area (Å²) in [5.74, 6) is 0.841. The lowest BCUT2D eigenvalue weighted by atomic mass is 10.1. The van der Waals surface area contributed by atoms with Crippen LogP contribution in [0.15, 0.2) is 4.52 Å². The zero-order valence-corrected chi connectivity index (χ0v) is 9.16. The lowest BCUT2D eigenvalue weighted by Gasteiger charge is -2.16. The highest BCUT2D eigenvalue weighted by Gasteiger charge is 2.12. The second-order valence-electron chi connectivity index (χ2n) is 3.71. The molecule has 0 aliphatic heterocycles. The first-order valence-electron chi connectivity index (χ1n) is 4.85. The lowest BCUT2D eigenvalue weighted by molar-refractivity contribution is 0.152. The molecule has 2 N–H and O–H groups in total. The van der Waals surface area contributed by atoms with Gasteiger partial charge in [0.2, 0.25) is 0 Å². The molecular weight excluding hydrogens is 180 g/mol. The molecule has 0 radical (unpaired) electrons. The van der Waals surface area contributed by atoms with Crippen LogP contribution in [0.5, 0.6) is 0 Å². The Labute approximate surface area is 84.3 Å². The van der Waals surface area contributed by atoms with E-state index in [1.54, 1.807) is 6.92 Å². The molecule has 0 saturated carbocycles. The van der Waals surface area contributed by atoms with Crippen LogP contribution < -0.4 is 5.32 Å². The molecule has 14 heavy (non-hydrogen) atoms. The SMILES string of the molecule is Cc1noc(C)c1CNC(C)C(C)O. The van der Waals surface area contributed by atoms with Gasteiger partial charge in [-0.1, -0.05) is 5.16 Å². The number of hydrogen-bond acceptors (Lipinski definition) is 4. The molecule has 4 nitrogen and oxygen atoms in total. The highest BCUT2D eigenvalue weighted by molar-refractivity contribution is 5.20. The standard InChI is InChI=1S/C10H18N2O2/c1-6(8(3)13)11-5-10-7(2)12-14-9(10)4/h6,8,11,13H,5H2,1-4H3. The number of nitrogens with zero attached hydrogens (tertiary/aromatic N) is 1. The van der Waals surface area contributed by atoms with Crippen LogP contribution in [0.2, 0.25) is 0 Å². The summed E-state index contributed by atoms with van der Waals surface area (Å²) in [6.07, 6.45) is -0.351. The Morgan fingerprint density at radius 1 is 1.43 bits per heavy atom. The fourth-order valence-corrected chi connectivity index (χ4v) is 1.19. The molecule has 1 rings (SSSR count). The molecule has 0 bridgehead atoms. The van der Waals surface area contributed by atoms with Gasteiger partial charge >= 0.3 is 0 Å². The molecule has 0 fully saturated rings. The summed E-state index contributed by atoms with van der Waals surface area (Å²) < 4.78 is 5.04. The van der Waals surface area contributed by atoms with E-state index in [0.29, 0.717) is 6.54 Å². The maximum Gasteiger partial charge on any atom is 0.138 e. The van der Waals surface area contributed by atoms with Crippen molar-refractivity contribution in [3.05, 3.63) is 17.0 Å². The van der Waals surface area contributed by atoms with Crippen LogP contribution in [0.25, 0.3) is 0 Å². The van der Waals surface area contributed by atoms with Crippen molar-refractivity contribution in [3.63, 3.8) is 0 Å². The first-order valence-corrected chi connectivity index (χ1v) is 4.85. The molecule has 2 unspecified atom stereocenters. The normalized spacial score (nSPS) is 15.5. The summed E-state index contributed by atoms with van der Waals surface area (Å²) >= 11 is 0. The molecule has 4 heteroatoms. The Morgan fingerprint density at radius 3 is 2.50 bits per heavy atom. The topological polar surface area (TPSA) is 58.3 Å². The maximum atomic E-state index is 9.29. The van der Waals surface area contributed by atoms with Gasteiger partial charge in [0.15, 0.2) is 0 Å². The smallest absolute Gasteiger partial charge is 0.138 e. The molecule has 0 aromatic carbocycles. The van der Waals surface area contributed by atoms with E-state index in [9.17, 15) is 5.11 Å². The maximum absolute atomic E-state index is 9.29. The van der Waals surface area contributed by atoms with E-state index < -0.39 is 0 Å². The van der Waals surface area contributed by atoms with Gasteiger partial charge in [0.1, 0.15) is 5.76 Å². The van der Waals surface area contributed by atoms with Gasteiger partial charge in [0.05, 0.1) is 11.8 Å². The zero-order chi connectivity index (χ0) is 10.7. The fourth-order valence-electron chi connectivity index (χ4n) is 1.19. The first kappa shape index (κ1) is 11.2. The van der Waals surface area contributed by atoms with Gasteiger partial charge in [0, 0.05) is 18.2 Å². The summed E-state index contributed by atoms with van der Waals surface area (Å²) in [6, 6.07) is 0.0729. The van der Waals surface area contributed by atoms with Gasteiger partial charge in [-0.05, 0) is 27.7 Å². The van der Waals surface area contributed by atoms with Gasteiger partial charge in [-0.2, -0.15) is 0 Å². The minimum absolute atomic E-state index is 0.0729. The van der Waals surface area contributed by atoms with E-state index in [1.807, 2.05) is 20.8 Å². The highest BCUT2D eigenvalue weighted by Crippen LogP contribution is 2.11. The molecule has 1 heterocycles. The van der Waals surface area contributed by atoms with Crippen molar-refractivity contribution in [1.29, 1.82) is 0 Å². The van der Waals surface area contributed by atoms with Crippen molar-refractivity contribution in [2.24, 2.45) is 0 Å². The third kappa shape index (κ3) is 2.56. The predicted octanol–water partition coefficient (Wildman–Crippen LogP) is 1.15. The number of aryl methyl sites for hydroxylation is 2. The van der Waals surface area contributed by atoms with Crippen LogP contribution in [0, 0.1) is 13.8 Å². The molecular formula is C10H18N2O2. The molecule has 1 aromatic heterocycles. The van der Waals surface area contributed by atoms with Crippen LogP contribution in [-0.4, -0.2) is 22.4 Å². The predicted molar refractivity (Wildman–Crippen MR) is 54.0 cm³/mol. The Hall–Kier alpha value is -0.870. The fraction of sp³-hybridized carbons (Fsp3) is 0.700. The van der Waals surface area contributed by atoms with E-state index in [1.165, 1.54) is 0 Å². The molecule has 2 atom stereocenters. The Balaban J connectivity index is 2.53. The van der Waals surface area contributed by atoms with Gasteiger partial charge < -0.3 is 14.9 Å². The second-order valence-corrected chi connectivity index (χ2v) is 3.71. The zero-order valence-electron chi connectivity index (χ0n) is 9.16. The average molecular weight is 198 g/mol. The molecule has 0 spiro atoms. The van der Waals surface area contributed by atoms with Crippen molar-refractivity contribution >= 4 is 0 Å². The van der Waals surface area contributed by atoms with Gasteiger partial charge in [0.25, 0.3) is 0 Å². The van der Waals surface area contributed by atoms with Crippen molar-refractivity contribution < 1.29 is 9.63 Å². The number of aliphatic hydroxyl groups excluding tert-OH is 1. The number of aromatic nitrogens is 1. The van der Waals surface area contributed by atoms with E-state index in [2.05, 4.69) is 10.5 Å². The highest BCUT2D eigenvalue weighted by atomic mass is 16.5. The molecule has 1 aromatic rings. The number of hydrogen-bond donors (Lipinski definition) is 2. The van der Waals surface area contributed by atoms with Crippen molar-refractivity contribution in [3.8, 4) is 0 Å². The Morgan fingerprint density at radius 2 is 2.07 bits per heavy atom. The number of aliphatic hydroxyl groups is 1. The van der Waals surface area contributed by atoms with E-state index in [4.69, 9.17) is 4.52 Å². The average Bonchev–Trinajstić information content (AvgIpc) is 2.43. The minimum atomic E-state index is -0.351. The molecule has 0 amide bonds. The van der Waals surface area contributed by atoms with Gasteiger partial charge in [-0.25, -0.2) is 0 Å². The third-order valence-electron chi connectivity index (χ3n) is 2.51. The van der Waals surface area contributed by atoms with E-state index in [-0.39, 0.29) is 12.1 Å². The summed E-state index contributed by atoms with van der Waals surface area (Å²) in [7, 11) is 0. The lowest BCUT2D eigenvalue weighted by Crippen LogP contribution is -2.35. The molecule has 0 saturated heterocycles. The first-order chi connectivity index (χ1) is 6.52. The summed E-state index contributed by atoms with van der Waals surface area (Å²) in [6.45, 7) is 8.21. The number of rotatable bonds is 4. The Kier molecular flexibility index (Phi) is 3.66. The number of nitrogens with one attached hydrogen (secondary N) is 1. The van der Waals surface area contributed by atoms with Crippen LogP contribution in [0.1, 0.15) is 30.9 Å². The molecule has 80 valence electrons. The van der Waals surface area contributed by atoms with Crippen LogP contribution in [0.3, 0.4) is 0 Å². The van der Waals surface area contributed by atoms with Gasteiger partial charge in [-0.15, -0.1) is 0 Å². The molecule has 0 aliphatic carbocycles. The summed E-state index contributed by atoms with van der Waals surface area (Å²) in [5, 5.41) is 16.4. The van der Waals surface area contributed by atoms with Crippen molar-refractivity contribution in [2.45, 2.75) is 46.4 Å².